The van der Waals surface area contributed by atoms with Crippen LogP contribution in [-0.4, -0.2) is 64.0 Å². The van der Waals surface area contributed by atoms with Crippen molar-refractivity contribution in [1.29, 1.82) is 0 Å². The van der Waals surface area contributed by atoms with Crippen LogP contribution in [0.25, 0.3) is 10.8 Å². The standard InChI is InChI=1S/C18H33N3O.C12H10O2/c1-16-12-17(2)14-18(13-16)15-19-8-6-7-9-21(5)10-11-22-20(3)4;1-2-4-10-7-11(12-8-13-14-12)6-5-9(10)3-1/h12-14,19H,6-11,15H2,1-5H3;1-7,12H,8H2. The molecule has 3 aromatic carbocycles. The Kier molecular flexibility index (Phi) is 11.8. The highest BCUT2D eigenvalue weighted by Gasteiger charge is 2.22. The minimum Gasteiger partial charge on any atom is -0.313 e. The summed E-state index contributed by atoms with van der Waals surface area (Å²) < 4.78 is 0. The van der Waals surface area contributed by atoms with Crippen LogP contribution in [0.5, 0.6) is 0 Å². The van der Waals surface area contributed by atoms with E-state index in [2.05, 4.69) is 79.6 Å². The first-order valence-electron chi connectivity index (χ1n) is 12.9. The van der Waals surface area contributed by atoms with Crippen molar-refractivity contribution in [2.24, 2.45) is 0 Å². The highest BCUT2D eigenvalue weighted by Crippen LogP contribution is 2.28. The second kappa shape index (κ2) is 15.1. The first-order chi connectivity index (χ1) is 17.4. The Hall–Kier alpha value is -2.32. The van der Waals surface area contributed by atoms with Gasteiger partial charge in [-0.2, -0.15) is 5.06 Å². The largest absolute Gasteiger partial charge is 0.313 e. The fourth-order valence-corrected chi connectivity index (χ4v) is 4.22. The molecule has 0 radical (unpaired) electrons. The predicted octanol–water partition coefficient (Wildman–Crippen LogP) is 5.44. The molecule has 6 heteroatoms. The smallest absolute Gasteiger partial charge is 0.144 e. The summed E-state index contributed by atoms with van der Waals surface area (Å²) in [6.07, 6.45) is 2.56. The lowest BCUT2D eigenvalue weighted by Crippen LogP contribution is -2.27. The number of hydrogen-bond acceptors (Lipinski definition) is 6. The van der Waals surface area contributed by atoms with E-state index in [0.717, 1.165) is 32.8 Å². The Morgan fingerprint density at radius 1 is 0.889 bits per heavy atom. The number of unbranched alkanes of at least 4 members (excludes halogenated alkanes) is 1. The van der Waals surface area contributed by atoms with Gasteiger partial charge >= 0.3 is 0 Å². The van der Waals surface area contributed by atoms with Crippen LogP contribution >= 0.6 is 0 Å². The zero-order valence-corrected chi connectivity index (χ0v) is 22.6. The van der Waals surface area contributed by atoms with Gasteiger partial charge in [-0.3, -0.25) is 4.84 Å². The van der Waals surface area contributed by atoms with Crippen LogP contribution in [0, 0.1) is 13.8 Å². The van der Waals surface area contributed by atoms with Crippen LogP contribution in [0.3, 0.4) is 0 Å². The number of rotatable bonds is 12. The molecule has 1 saturated heterocycles. The van der Waals surface area contributed by atoms with Gasteiger partial charge in [-0.15, -0.1) is 0 Å². The number of fused-ring (bicyclic) bond motifs is 1. The molecule has 1 heterocycles. The number of nitrogens with one attached hydrogen (secondary N) is 1. The summed E-state index contributed by atoms with van der Waals surface area (Å²) in [7, 11) is 5.99. The SMILES string of the molecule is Cc1cc(C)cc(CNCCCCN(C)CCON(C)C)c1.c1ccc2cc(C3COO3)ccc2c1. The molecule has 0 saturated carbocycles. The number of nitrogens with zero attached hydrogens (tertiary/aromatic N) is 2. The Labute approximate surface area is 217 Å². The topological polar surface area (TPSA) is 46.2 Å². The predicted molar refractivity (Wildman–Crippen MR) is 148 cm³/mol. The minimum absolute atomic E-state index is 0.125. The third-order valence-corrected chi connectivity index (χ3v) is 6.13. The Morgan fingerprint density at radius 3 is 2.28 bits per heavy atom. The maximum Gasteiger partial charge on any atom is 0.144 e. The first-order valence-corrected chi connectivity index (χ1v) is 12.9. The highest BCUT2D eigenvalue weighted by molar-refractivity contribution is 5.83. The van der Waals surface area contributed by atoms with Gasteiger partial charge in [0.15, 0.2) is 0 Å². The Morgan fingerprint density at radius 2 is 1.61 bits per heavy atom. The van der Waals surface area contributed by atoms with Crippen LogP contribution in [-0.2, 0) is 21.2 Å². The molecule has 36 heavy (non-hydrogen) atoms. The van der Waals surface area contributed by atoms with Gasteiger partial charge in [-0.05, 0) is 74.8 Å². The summed E-state index contributed by atoms with van der Waals surface area (Å²) in [5, 5.41) is 7.80. The third kappa shape index (κ3) is 9.97. The molecule has 0 aliphatic carbocycles. The quantitative estimate of drug-likeness (QED) is 0.206. The number of hydroxylamine groups is 2. The van der Waals surface area contributed by atoms with Gasteiger partial charge in [0.1, 0.15) is 12.7 Å². The maximum atomic E-state index is 5.40. The zero-order valence-electron chi connectivity index (χ0n) is 22.6. The van der Waals surface area contributed by atoms with Gasteiger partial charge in [0.05, 0.1) is 6.61 Å². The lowest BCUT2D eigenvalue weighted by molar-refractivity contribution is -0.429. The lowest BCUT2D eigenvalue weighted by atomic mass is 10.0. The van der Waals surface area contributed by atoms with Crippen molar-refractivity contribution >= 4 is 10.8 Å². The maximum absolute atomic E-state index is 5.40. The molecule has 0 amide bonds. The summed E-state index contributed by atoms with van der Waals surface area (Å²) in [4.78, 5) is 17.4. The molecule has 6 nitrogen and oxygen atoms in total. The van der Waals surface area contributed by atoms with Gasteiger partial charge in [-0.1, -0.05) is 65.7 Å². The minimum atomic E-state index is 0.125. The van der Waals surface area contributed by atoms with Crippen molar-refractivity contribution in [2.45, 2.75) is 39.3 Å². The lowest BCUT2D eigenvalue weighted by Gasteiger charge is -2.24. The number of aryl methyl sites for hydroxylation is 2. The van der Waals surface area contributed by atoms with Gasteiger partial charge in [0.25, 0.3) is 0 Å². The van der Waals surface area contributed by atoms with Crippen molar-refractivity contribution in [3.05, 3.63) is 82.9 Å². The van der Waals surface area contributed by atoms with E-state index in [4.69, 9.17) is 14.6 Å². The number of likely N-dealkylation sites (N-methyl/N-ethyl adjacent to an activating group) is 1. The zero-order chi connectivity index (χ0) is 25.8. The average molecular weight is 494 g/mol. The molecule has 0 aromatic heterocycles. The summed E-state index contributed by atoms with van der Waals surface area (Å²) >= 11 is 0. The van der Waals surface area contributed by atoms with E-state index < -0.39 is 0 Å². The molecule has 4 rings (SSSR count). The van der Waals surface area contributed by atoms with Crippen molar-refractivity contribution in [1.82, 2.24) is 15.3 Å². The summed E-state index contributed by atoms with van der Waals surface area (Å²) in [5.74, 6) is 0. The molecule has 1 aliphatic rings. The molecule has 1 aliphatic heterocycles. The molecule has 196 valence electrons. The average Bonchev–Trinajstić information content (AvgIpc) is 2.80. The van der Waals surface area contributed by atoms with Crippen LogP contribution < -0.4 is 5.32 Å². The molecular weight excluding hydrogens is 450 g/mol. The van der Waals surface area contributed by atoms with Gasteiger partial charge in [-0.25, -0.2) is 9.78 Å². The van der Waals surface area contributed by atoms with Gasteiger partial charge in [0, 0.05) is 27.2 Å². The second-order valence-corrected chi connectivity index (χ2v) is 9.80. The molecule has 1 unspecified atom stereocenters. The monoisotopic (exact) mass is 493 g/mol. The van der Waals surface area contributed by atoms with E-state index in [1.165, 1.54) is 45.9 Å². The van der Waals surface area contributed by atoms with E-state index >= 15 is 0 Å². The van der Waals surface area contributed by atoms with Crippen LogP contribution in [0.4, 0.5) is 0 Å². The Bertz CT molecular complexity index is 1030. The van der Waals surface area contributed by atoms with Crippen molar-refractivity contribution in [2.75, 3.05) is 54.0 Å². The van der Waals surface area contributed by atoms with E-state index in [9.17, 15) is 0 Å². The summed E-state index contributed by atoms with van der Waals surface area (Å²) in [6, 6.07) is 21.4. The third-order valence-electron chi connectivity index (χ3n) is 6.13. The van der Waals surface area contributed by atoms with E-state index in [0.29, 0.717) is 6.61 Å². The molecule has 1 N–H and O–H groups in total. The van der Waals surface area contributed by atoms with Crippen LogP contribution in [0.2, 0.25) is 0 Å². The number of benzene rings is 3. The fourth-order valence-electron chi connectivity index (χ4n) is 4.22. The van der Waals surface area contributed by atoms with E-state index in [1.807, 2.05) is 26.2 Å². The van der Waals surface area contributed by atoms with E-state index in [1.54, 1.807) is 5.06 Å². The Balaban J connectivity index is 0.000000218. The second-order valence-electron chi connectivity index (χ2n) is 9.80. The molecule has 0 spiro atoms. The molecule has 1 atom stereocenters. The van der Waals surface area contributed by atoms with Gasteiger partial charge < -0.3 is 10.2 Å². The summed E-state index contributed by atoms with van der Waals surface area (Å²) in [5.41, 5.74) is 5.27. The summed E-state index contributed by atoms with van der Waals surface area (Å²) in [6.45, 7) is 9.89. The van der Waals surface area contributed by atoms with Crippen molar-refractivity contribution < 1.29 is 14.6 Å². The molecule has 0 bridgehead atoms. The van der Waals surface area contributed by atoms with Crippen LogP contribution in [0.1, 0.15) is 41.2 Å². The van der Waals surface area contributed by atoms with Crippen molar-refractivity contribution in [3.8, 4) is 0 Å². The van der Waals surface area contributed by atoms with Crippen LogP contribution in [0.15, 0.2) is 60.7 Å². The normalized spacial score (nSPS) is 15.1. The van der Waals surface area contributed by atoms with Gasteiger partial charge in [0.2, 0.25) is 0 Å². The number of hydrogen-bond donors (Lipinski definition) is 1. The highest BCUT2D eigenvalue weighted by atomic mass is 17.2. The first kappa shape index (κ1) is 28.3. The fraction of sp³-hybridized carbons (Fsp3) is 0.467. The molecule has 1 fully saturated rings. The van der Waals surface area contributed by atoms with Crippen molar-refractivity contribution in [3.63, 3.8) is 0 Å². The molecule has 3 aromatic rings. The van der Waals surface area contributed by atoms with E-state index in [-0.39, 0.29) is 6.10 Å². The molecular formula is C30H43N3O3.